The number of anilines is 1. The molecule has 1 unspecified atom stereocenters. The number of rotatable bonds is 8. The summed E-state index contributed by atoms with van der Waals surface area (Å²) in [7, 11) is -3.54. The van der Waals surface area contributed by atoms with Crippen LogP contribution in [-0.4, -0.2) is 86.7 Å². The van der Waals surface area contributed by atoms with Crippen molar-refractivity contribution in [2.75, 3.05) is 57.3 Å². The molecule has 0 aromatic heterocycles. The minimum absolute atomic E-state index is 0.0626. The van der Waals surface area contributed by atoms with E-state index in [0.29, 0.717) is 25.3 Å². The maximum Gasteiger partial charge on any atom is 0.243 e. The Bertz CT molecular complexity index is 933. The van der Waals surface area contributed by atoms with E-state index < -0.39 is 10.0 Å². The van der Waals surface area contributed by atoms with Gasteiger partial charge in [-0.2, -0.15) is 4.31 Å². The van der Waals surface area contributed by atoms with Gasteiger partial charge >= 0.3 is 0 Å². The molecule has 8 nitrogen and oxygen atoms in total. The van der Waals surface area contributed by atoms with E-state index in [-0.39, 0.29) is 29.0 Å². The van der Waals surface area contributed by atoms with Gasteiger partial charge in [0.25, 0.3) is 0 Å². The third kappa shape index (κ3) is 4.84. The molecule has 3 fully saturated rings. The third-order valence-electron chi connectivity index (χ3n) is 6.86. The Morgan fingerprint density at radius 1 is 1.03 bits per heavy atom. The van der Waals surface area contributed by atoms with Gasteiger partial charge in [-0.15, -0.1) is 0 Å². The number of piperazine rings is 1. The van der Waals surface area contributed by atoms with Crippen LogP contribution in [0.25, 0.3) is 0 Å². The van der Waals surface area contributed by atoms with Crippen molar-refractivity contribution in [1.82, 2.24) is 14.1 Å². The van der Waals surface area contributed by atoms with Crippen molar-refractivity contribution in [3.05, 3.63) is 24.3 Å². The van der Waals surface area contributed by atoms with Gasteiger partial charge in [-0.25, -0.2) is 8.42 Å². The molecule has 32 heavy (non-hydrogen) atoms. The Morgan fingerprint density at radius 3 is 2.22 bits per heavy atom. The summed E-state index contributed by atoms with van der Waals surface area (Å²) < 4.78 is 26.8. The Labute approximate surface area is 191 Å². The molecule has 9 heteroatoms. The average Bonchev–Trinajstić information content (AvgIpc) is 3.53. The number of amides is 2. The monoisotopic (exact) mass is 462 g/mol. The molecule has 0 bridgehead atoms. The summed E-state index contributed by atoms with van der Waals surface area (Å²) in [5.41, 5.74) is 0.637. The van der Waals surface area contributed by atoms with E-state index in [1.807, 2.05) is 18.7 Å². The maximum absolute atomic E-state index is 13.0. The third-order valence-corrected chi connectivity index (χ3v) is 8.93. The first-order valence-electron chi connectivity index (χ1n) is 11.7. The van der Waals surface area contributed by atoms with Gasteiger partial charge in [-0.3, -0.25) is 14.5 Å². The summed E-state index contributed by atoms with van der Waals surface area (Å²) in [6.07, 6.45) is 2.88. The standard InChI is InChI=1S/C23H34N4O4S/c1-3-26(4-2)32(30,31)21-9-7-20(8-10-21)27-17-19(15-22(27)28)23(29)25-13-11-24(12-14-25)16-18-5-6-18/h7-10,18-19H,3-6,11-17H2,1-2H3. The molecule has 3 aliphatic rings. The van der Waals surface area contributed by atoms with E-state index in [9.17, 15) is 18.0 Å². The zero-order valence-corrected chi connectivity index (χ0v) is 19.9. The number of carbonyl (C=O) groups is 2. The fourth-order valence-electron chi connectivity index (χ4n) is 4.71. The number of benzene rings is 1. The van der Waals surface area contributed by atoms with Crippen molar-refractivity contribution in [2.24, 2.45) is 11.8 Å². The summed E-state index contributed by atoms with van der Waals surface area (Å²) in [6.45, 7) is 9.21. The van der Waals surface area contributed by atoms with Gasteiger partial charge in [0.2, 0.25) is 21.8 Å². The van der Waals surface area contributed by atoms with Crippen molar-refractivity contribution in [2.45, 2.75) is 38.0 Å². The van der Waals surface area contributed by atoms with Crippen molar-refractivity contribution in [1.29, 1.82) is 0 Å². The van der Waals surface area contributed by atoms with Crippen LogP contribution >= 0.6 is 0 Å². The van der Waals surface area contributed by atoms with E-state index in [1.165, 1.54) is 17.1 Å². The summed E-state index contributed by atoms with van der Waals surface area (Å²) in [5.74, 6) is 0.492. The van der Waals surface area contributed by atoms with Crippen molar-refractivity contribution in [3.8, 4) is 0 Å². The van der Waals surface area contributed by atoms with Crippen LogP contribution in [0, 0.1) is 11.8 Å². The quantitative estimate of drug-likeness (QED) is 0.587. The summed E-state index contributed by atoms with van der Waals surface area (Å²) in [5, 5.41) is 0. The molecule has 1 aromatic carbocycles. The van der Waals surface area contributed by atoms with E-state index in [0.717, 1.165) is 38.6 Å². The number of hydrogen-bond donors (Lipinski definition) is 0. The Hall–Kier alpha value is -1.97. The predicted octanol–water partition coefficient (Wildman–Crippen LogP) is 1.62. The van der Waals surface area contributed by atoms with Gasteiger partial charge in [0.1, 0.15) is 0 Å². The van der Waals surface area contributed by atoms with Crippen molar-refractivity contribution < 1.29 is 18.0 Å². The average molecular weight is 463 g/mol. The molecule has 4 rings (SSSR count). The zero-order valence-electron chi connectivity index (χ0n) is 19.1. The lowest BCUT2D eigenvalue weighted by molar-refractivity contribution is -0.137. The lowest BCUT2D eigenvalue weighted by Crippen LogP contribution is -2.51. The molecule has 176 valence electrons. The first-order valence-corrected chi connectivity index (χ1v) is 13.2. The molecular weight excluding hydrogens is 428 g/mol. The van der Waals surface area contributed by atoms with E-state index in [4.69, 9.17) is 0 Å². The highest BCUT2D eigenvalue weighted by Gasteiger charge is 2.38. The fourth-order valence-corrected chi connectivity index (χ4v) is 6.17. The van der Waals surface area contributed by atoms with Gasteiger partial charge in [0.15, 0.2) is 0 Å². The Kier molecular flexibility index (Phi) is 6.88. The summed E-state index contributed by atoms with van der Waals surface area (Å²) >= 11 is 0. The van der Waals surface area contributed by atoms with Gasteiger partial charge < -0.3 is 9.80 Å². The van der Waals surface area contributed by atoms with Crippen LogP contribution < -0.4 is 4.90 Å². The highest BCUT2D eigenvalue weighted by atomic mass is 32.2. The highest BCUT2D eigenvalue weighted by Crippen LogP contribution is 2.31. The van der Waals surface area contributed by atoms with E-state index in [2.05, 4.69) is 4.90 Å². The molecule has 1 atom stereocenters. The van der Waals surface area contributed by atoms with Crippen molar-refractivity contribution >= 4 is 27.5 Å². The van der Waals surface area contributed by atoms with Gasteiger partial charge in [-0.05, 0) is 43.0 Å². The second kappa shape index (κ2) is 9.49. The second-order valence-electron chi connectivity index (χ2n) is 9.06. The summed E-state index contributed by atoms with van der Waals surface area (Å²) in [4.78, 5) is 31.9. The number of hydrogen-bond acceptors (Lipinski definition) is 5. The van der Waals surface area contributed by atoms with E-state index in [1.54, 1.807) is 29.2 Å². The van der Waals surface area contributed by atoms with Crippen molar-refractivity contribution in [3.63, 3.8) is 0 Å². The van der Waals surface area contributed by atoms with Crippen LogP contribution in [0.3, 0.4) is 0 Å². The molecule has 1 aliphatic carbocycles. The first kappa shape index (κ1) is 23.2. The molecule has 2 aliphatic heterocycles. The normalized spacial score (nSPS) is 22.7. The molecule has 0 N–H and O–H groups in total. The SMILES string of the molecule is CCN(CC)S(=O)(=O)c1ccc(N2CC(C(=O)N3CCN(CC4CC4)CC3)CC2=O)cc1. The zero-order chi connectivity index (χ0) is 22.9. The number of nitrogens with zero attached hydrogens (tertiary/aromatic N) is 4. The smallest absolute Gasteiger partial charge is 0.243 e. The van der Waals surface area contributed by atoms with Crippen LogP contribution in [0.5, 0.6) is 0 Å². The van der Waals surface area contributed by atoms with Gasteiger partial charge in [-0.1, -0.05) is 13.8 Å². The van der Waals surface area contributed by atoms with Crippen LogP contribution in [0.4, 0.5) is 5.69 Å². The van der Waals surface area contributed by atoms with Crippen LogP contribution in [-0.2, 0) is 19.6 Å². The molecule has 0 spiro atoms. The molecule has 2 heterocycles. The summed E-state index contributed by atoms with van der Waals surface area (Å²) in [6, 6.07) is 6.42. The Morgan fingerprint density at radius 2 is 1.66 bits per heavy atom. The first-order chi connectivity index (χ1) is 15.3. The van der Waals surface area contributed by atoms with Gasteiger partial charge in [0, 0.05) is 64.5 Å². The largest absolute Gasteiger partial charge is 0.340 e. The fraction of sp³-hybridized carbons (Fsp3) is 0.652. The highest BCUT2D eigenvalue weighted by molar-refractivity contribution is 7.89. The molecule has 1 saturated carbocycles. The molecule has 2 saturated heterocycles. The minimum Gasteiger partial charge on any atom is -0.340 e. The Balaban J connectivity index is 1.36. The number of sulfonamides is 1. The van der Waals surface area contributed by atoms with Crippen LogP contribution in [0.2, 0.25) is 0 Å². The lowest BCUT2D eigenvalue weighted by atomic mass is 10.1. The molecular formula is C23H34N4O4S. The van der Waals surface area contributed by atoms with E-state index >= 15 is 0 Å². The predicted molar refractivity (Wildman–Crippen MR) is 123 cm³/mol. The van der Waals surface area contributed by atoms with Crippen LogP contribution in [0.15, 0.2) is 29.2 Å². The molecule has 0 radical (unpaired) electrons. The molecule has 1 aromatic rings. The van der Waals surface area contributed by atoms with Crippen LogP contribution in [0.1, 0.15) is 33.1 Å². The minimum atomic E-state index is -3.54. The number of carbonyl (C=O) groups excluding carboxylic acids is 2. The molecule has 2 amide bonds. The lowest BCUT2D eigenvalue weighted by Gasteiger charge is -2.36. The second-order valence-corrected chi connectivity index (χ2v) is 11.0. The topological polar surface area (TPSA) is 81.2 Å². The van der Waals surface area contributed by atoms with Gasteiger partial charge in [0.05, 0.1) is 10.8 Å². The maximum atomic E-state index is 13.0.